The first-order valence-electron chi connectivity index (χ1n) is 21.5. The second kappa shape index (κ2) is 13.6. The monoisotopic (exact) mass is 834 g/mol. The predicted molar refractivity (Wildman–Crippen MR) is 267 cm³/mol. The van der Waals surface area contributed by atoms with Crippen molar-refractivity contribution in [1.29, 1.82) is 0 Å². The zero-order chi connectivity index (χ0) is 41.9. The first-order chi connectivity index (χ1) is 31.8. The lowest BCUT2D eigenvalue weighted by Crippen LogP contribution is -2.07. The number of hydrogen-bond acceptors (Lipinski definition) is 4. The number of thiophene rings is 1. The zero-order valence-electron chi connectivity index (χ0n) is 34.2. The Morgan fingerprint density at radius 1 is 0.328 bits per heavy atom. The molecular weight excluding hydrogens is 801 g/mol. The van der Waals surface area contributed by atoms with Crippen LogP contribution in [-0.2, 0) is 0 Å². The van der Waals surface area contributed by atoms with Gasteiger partial charge in [-0.05, 0) is 54.6 Å². The zero-order valence-corrected chi connectivity index (χ0v) is 35.0. The van der Waals surface area contributed by atoms with Crippen molar-refractivity contribution in [3.8, 4) is 40.1 Å². The first-order valence-corrected chi connectivity index (χ1v) is 22.4. The summed E-state index contributed by atoms with van der Waals surface area (Å²) in [5, 5.41) is 9.44. The molecule has 14 rings (SSSR count). The van der Waals surface area contributed by atoms with Gasteiger partial charge >= 0.3 is 0 Å². The normalized spacial score (nSPS) is 12.1. The van der Waals surface area contributed by atoms with Gasteiger partial charge in [0.1, 0.15) is 0 Å². The van der Waals surface area contributed by atoms with Crippen LogP contribution in [0.15, 0.2) is 206 Å². The molecule has 0 aliphatic rings. The summed E-state index contributed by atoms with van der Waals surface area (Å²) >= 11 is 1.80. The minimum atomic E-state index is 0.564. The Morgan fingerprint density at radius 3 is 1.53 bits per heavy atom. The fourth-order valence-electron chi connectivity index (χ4n) is 10.2. The van der Waals surface area contributed by atoms with E-state index in [1.807, 2.05) is 18.2 Å². The topological polar surface area (TPSA) is 53.5 Å². The fourth-order valence-corrected chi connectivity index (χ4v) is 11.3. The third-order valence-corrected chi connectivity index (χ3v) is 14.0. The van der Waals surface area contributed by atoms with Crippen LogP contribution in [0.1, 0.15) is 0 Å². The molecule has 0 N–H and O–H groups in total. The summed E-state index contributed by atoms with van der Waals surface area (Å²) in [5.74, 6) is 1.81. The van der Waals surface area contributed by atoms with Gasteiger partial charge in [0.2, 0.25) is 5.95 Å². The van der Waals surface area contributed by atoms with Gasteiger partial charge in [-0.25, -0.2) is 4.98 Å². The number of nitrogens with zero attached hydrogens (tertiary/aromatic N) is 6. The molecule has 5 aromatic heterocycles. The van der Waals surface area contributed by atoms with Gasteiger partial charge < -0.3 is 9.13 Å². The molecule has 0 radical (unpaired) electrons. The van der Waals surface area contributed by atoms with Crippen LogP contribution in [-0.4, -0.2) is 28.7 Å². The average Bonchev–Trinajstić information content (AvgIpc) is 4.10. The molecule has 0 bridgehead atoms. The first kappa shape index (κ1) is 35.2. The van der Waals surface area contributed by atoms with Gasteiger partial charge in [-0.1, -0.05) is 152 Å². The van der Waals surface area contributed by atoms with Crippen molar-refractivity contribution in [2.75, 3.05) is 0 Å². The van der Waals surface area contributed by atoms with E-state index in [9.17, 15) is 0 Å². The van der Waals surface area contributed by atoms with E-state index in [4.69, 9.17) is 15.0 Å². The maximum atomic E-state index is 5.47. The van der Waals surface area contributed by atoms with E-state index in [0.29, 0.717) is 17.6 Å². The van der Waals surface area contributed by atoms with Crippen LogP contribution in [0.4, 0.5) is 0 Å². The molecule has 5 heterocycles. The Kier molecular flexibility index (Phi) is 7.46. The summed E-state index contributed by atoms with van der Waals surface area (Å²) in [6.45, 7) is 0. The van der Waals surface area contributed by atoms with E-state index in [0.717, 1.165) is 77.1 Å². The molecule has 0 atom stereocenters. The Labute approximate surface area is 370 Å². The van der Waals surface area contributed by atoms with Crippen molar-refractivity contribution >= 4 is 96.9 Å². The quantitative estimate of drug-likeness (QED) is 0.174. The number of aromatic nitrogens is 6. The third-order valence-electron chi connectivity index (χ3n) is 12.9. The van der Waals surface area contributed by atoms with Gasteiger partial charge in [-0.2, -0.15) is 9.97 Å². The molecule has 6 nitrogen and oxygen atoms in total. The second-order valence-electron chi connectivity index (χ2n) is 16.4. The van der Waals surface area contributed by atoms with Gasteiger partial charge in [-0.3, -0.25) is 4.57 Å². The lowest BCUT2D eigenvalue weighted by atomic mass is 10.1. The summed E-state index contributed by atoms with van der Waals surface area (Å²) < 4.78 is 9.67. The highest BCUT2D eigenvalue weighted by atomic mass is 32.1. The molecule has 0 spiro atoms. The highest BCUT2D eigenvalue weighted by Gasteiger charge is 2.27. The van der Waals surface area contributed by atoms with Crippen LogP contribution < -0.4 is 0 Å². The van der Waals surface area contributed by atoms with Gasteiger partial charge in [-0.15, -0.1) is 11.3 Å². The molecule has 9 aromatic carbocycles. The lowest BCUT2D eigenvalue weighted by Gasteiger charge is -2.16. The summed E-state index contributed by atoms with van der Waals surface area (Å²) in [5.41, 5.74) is 10.6. The number of rotatable bonds is 5. The van der Waals surface area contributed by atoms with Crippen molar-refractivity contribution in [2.45, 2.75) is 0 Å². The minimum Gasteiger partial charge on any atom is -0.307 e. The van der Waals surface area contributed by atoms with Crippen LogP contribution in [0.3, 0.4) is 0 Å². The standard InChI is InChI=1S/C57H34N6S/c1-3-17-35(18-4-1)55-58-56(36-31-32-42-41-24-11-16-30-50(41)64-51(42)33-36)60-57(59-55)63-47-28-14-9-23-40(47)44-34-49(62-45-26-12-7-21-38(45)39-22-8-13-27-46(39)62)54-52(53(44)63)43-25-10-15-29-48(43)61(54)37-19-5-2-6-20-37/h1-34H. The molecule has 14 aromatic rings. The molecular formula is C57H34N6S. The van der Waals surface area contributed by atoms with E-state index in [2.05, 4.69) is 202 Å². The van der Waals surface area contributed by atoms with Crippen LogP contribution in [0.2, 0.25) is 0 Å². The Morgan fingerprint density at radius 2 is 0.844 bits per heavy atom. The van der Waals surface area contributed by atoms with Crippen molar-refractivity contribution < 1.29 is 0 Å². The van der Waals surface area contributed by atoms with Crippen molar-refractivity contribution in [1.82, 2.24) is 28.7 Å². The maximum absolute atomic E-state index is 5.47. The van der Waals surface area contributed by atoms with E-state index in [1.54, 1.807) is 11.3 Å². The van der Waals surface area contributed by atoms with E-state index >= 15 is 0 Å². The highest BCUT2D eigenvalue weighted by molar-refractivity contribution is 7.25. The SMILES string of the molecule is c1ccc(-c2nc(-c3ccc4c(c3)sc3ccccc34)nc(-n3c4ccccc4c4cc(-n5c6ccccc6c6ccccc65)c5c(c6ccccc6n5-c5ccccc5)c43)n2)cc1. The van der Waals surface area contributed by atoms with Crippen molar-refractivity contribution in [2.24, 2.45) is 0 Å². The number of fused-ring (bicyclic) bond motifs is 13. The summed E-state index contributed by atoms with van der Waals surface area (Å²) in [6, 6.07) is 73.7. The lowest BCUT2D eigenvalue weighted by molar-refractivity contribution is 0.955. The Hall–Kier alpha value is -8.39. The predicted octanol–water partition coefficient (Wildman–Crippen LogP) is 14.9. The second-order valence-corrected chi connectivity index (χ2v) is 17.5. The number of hydrogen-bond donors (Lipinski definition) is 0. The molecule has 0 aliphatic carbocycles. The average molecular weight is 835 g/mol. The molecule has 0 saturated carbocycles. The van der Waals surface area contributed by atoms with Crippen LogP contribution >= 0.6 is 11.3 Å². The van der Waals surface area contributed by atoms with Gasteiger partial charge in [0.15, 0.2) is 11.6 Å². The van der Waals surface area contributed by atoms with Crippen LogP contribution in [0.5, 0.6) is 0 Å². The largest absolute Gasteiger partial charge is 0.307 e. The minimum absolute atomic E-state index is 0.564. The highest BCUT2D eigenvalue weighted by Crippen LogP contribution is 2.46. The molecule has 298 valence electrons. The molecule has 7 heteroatoms. The number of para-hydroxylation sites is 5. The molecule has 0 unspecified atom stereocenters. The summed E-state index contributed by atoms with van der Waals surface area (Å²) in [6.07, 6.45) is 0. The molecule has 0 aliphatic heterocycles. The maximum Gasteiger partial charge on any atom is 0.238 e. The third kappa shape index (κ3) is 5.04. The summed E-state index contributed by atoms with van der Waals surface area (Å²) in [7, 11) is 0. The van der Waals surface area contributed by atoms with Crippen molar-refractivity contribution in [3.63, 3.8) is 0 Å². The van der Waals surface area contributed by atoms with Crippen molar-refractivity contribution in [3.05, 3.63) is 206 Å². The molecule has 0 fully saturated rings. The Balaban J connectivity index is 1.16. The Bertz CT molecular complexity index is 4140. The van der Waals surface area contributed by atoms with Gasteiger partial charge in [0.05, 0.1) is 38.8 Å². The van der Waals surface area contributed by atoms with E-state index in [1.165, 1.54) is 30.9 Å². The van der Waals surface area contributed by atoms with Crippen LogP contribution in [0.25, 0.3) is 126 Å². The molecule has 0 amide bonds. The summed E-state index contributed by atoms with van der Waals surface area (Å²) in [4.78, 5) is 16.1. The van der Waals surface area contributed by atoms with Crippen LogP contribution in [0, 0.1) is 0 Å². The van der Waals surface area contributed by atoms with E-state index < -0.39 is 0 Å². The smallest absolute Gasteiger partial charge is 0.238 e. The molecule has 64 heavy (non-hydrogen) atoms. The van der Waals surface area contributed by atoms with Gasteiger partial charge in [0.25, 0.3) is 0 Å². The van der Waals surface area contributed by atoms with Gasteiger partial charge in [0, 0.05) is 69.3 Å². The number of benzene rings is 9. The fraction of sp³-hybridized carbons (Fsp3) is 0. The van der Waals surface area contributed by atoms with E-state index in [-0.39, 0.29) is 0 Å². The molecule has 0 saturated heterocycles.